The maximum absolute atomic E-state index is 12.6. The van der Waals surface area contributed by atoms with Crippen LogP contribution >= 0.6 is 0 Å². The summed E-state index contributed by atoms with van der Waals surface area (Å²) in [6.45, 7) is 4.31. The average Bonchev–Trinajstić information content (AvgIpc) is 2.98. The van der Waals surface area contributed by atoms with E-state index in [0.717, 1.165) is 17.9 Å². The van der Waals surface area contributed by atoms with Crippen LogP contribution in [-0.4, -0.2) is 56.0 Å². The number of aryl methyl sites for hydroxylation is 1. The molecular formula is C14H18N6O2. The van der Waals surface area contributed by atoms with Crippen LogP contribution in [0.1, 0.15) is 34.7 Å². The summed E-state index contributed by atoms with van der Waals surface area (Å²) in [7, 11) is 1.66. The molecule has 0 saturated heterocycles. The zero-order valence-corrected chi connectivity index (χ0v) is 12.6. The molecule has 0 saturated carbocycles. The predicted molar refractivity (Wildman–Crippen MR) is 77.1 cm³/mol. The highest BCUT2D eigenvalue weighted by atomic mass is 16.5. The van der Waals surface area contributed by atoms with E-state index < -0.39 is 0 Å². The summed E-state index contributed by atoms with van der Waals surface area (Å²) in [5.41, 5.74) is 2.28. The van der Waals surface area contributed by atoms with E-state index in [-0.39, 0.29) is 11.8 Å². The normalized spacial score (nSPS) is 17.4. The lowest BCUT2D eigenvalue weighted by atomic mass is 9.98. The second kappa shape index (κ2) is 6.18. The van der Waals surface area contributed by atoms with Crippen molar-refractivity contribution in [3.8, 4) is 0 Å². The maximum atomic E-state index is 12.6. The van der Waals surface area contributed by atoms with Gasteiger partial charge in [-0.2, -0.15) is 0 Å². The summed E-state index contributed by atoms with van der Waals surface area (Å²) in [5, 5.41) is 8.38. The molecule has 2 aromatic heterocycles. The van der Waals surface area contributed by atoms with Crippen molar-refractivity contribution in [1.29, 1.82) is 0 Å². The fraction of sp³-hybridized carbons (Fsp3) is 0.500. The van der Waals surface area contributed by atoms with Gasteiger partial charge in [-0.3, -0.25) is 4.79 Å². The molecule has 0 unspecified atom stereocenters. The highest BCUT2D eigenvalue weighted by molar-refractivity contribution is 5.92. The second-order valence-corrected chi connectivity index (χ2v) is 5.17. The Morgan fingerprint density at radius 1 is 1.50 bits per heavy atom. The molecule has 3 heterocycles. The van der Waals surface area contributed by atoms with E-state index in [9.17, 15) is 4.79 Å². The van der Waals surface area contributed by atoms with E-state index in [0.29, 0.717) is 25.4 Å². The second-order valence-electron chi connectivity index (χ2n) is 5.17. The topological polar surface area (TPSA) is 86.0 Å². The van der Waals surface area contributed by atoms with Crippen LogP contribution in [0.25, 0.3) is 0 Å². The summed E-state index contributed by atoms with van der Waals surface area (Å²) in [5.74, 6) is -0.0605. The molecule has 1 aliphatic heterocycles. The summed E-state index contributed by atoms with van der Waals surface area (Å²) in [4.78, 5) is 22.2. The number of rotatable bonds is 4. The zero-order valence-electron chi connectivity index (χ0n) is 12.6. The van der Waals surface area contributed by atoms with Gasteiger partial charge in [0.2, 0.25) is 0 Å². The molecule has 0 bridgehead atoms. The molecule has 0 aliphatic carbocycles. The fourth-order valence-corrected chi connectivity index (χ4v) is 2.81. The Morgan fingerprint density at radius 2 is 2.36 bits per heavy atom. The number of amides is 1. The highest BCUT2D eigenvalue weighted by Gasteiger charge is 2.33. The van der Waals surface area contributed by atoms with E-state index in [1.54, 1.807) is 24.3 Å². The van der Waals surface area contributed by atoms with Crippen LogP contribution in [0.2, 0.25) is 0 Å². The summed E-state index contributed by atoms with van der Waals surface area (Å²) in [6.07, 6.45) is 2.94. The van der Waals surface area contributed by atoms with Gasteiger partial charge in [0.25, 0.3) is 5.91 Å². The maximum Gasteiger partial charge on any atom is 0.272 e. The molecule has 1 aliphatic rings. The number of aromatic nitrogens is 5. The minimum absolute atomic E-state index is 0.0643. The zero-order chi connectivity index (χ0) is 15.5. The summed E-state index contributed by atoms with van der Waals surface area (Å²) >= 11 is 0. The van der Waals surface area contributed by atoms with Crippen molar-refractivity contribution in [1.82, 2.24) is 29.9 Å². The molecule has 0 fully saturated rings. The third-order valence-electron chi connectivity index (χ3n) is 3.77. The third-order valence-corrected chi connectivity index (χ3v) is 3.77. The van der Waals surface area contributed by atoms with Crippen molar-refractivity contribution in [3.05, 3.63) is 35.7 Å². The lowest BCUT2D eigenvalue weighted by molar-refractivity contribution is 0.0666. The Morgan fingerprint density at radius 3 is 3.05 bits per heavy atom. The van der Waals surface area contributed by atoms with Gasteiger partial charge in [0.1, 0.15) is 17.7 Å². The van der Waals surface area contributed by atoms with E-state index in [4.69, 9.17) is 4.74 Å². The van der Waals surface area contributed by atoms with Gasteiger partial charge in [0.15, 0.2) is 0 Å². The number of carbonyl (C=O) groups is 1. The first-order valence-electron chi connectivity index (χ1n) is 7.21. The number of nitrogens with zero attached hydrogens (tertiary/aromatic N) is 6. The van der Waals surface area contributed by atoms with Gasteiger partial charge >= 0.3 is 0 Å². The molecule has 0 radical (unpaired) electrons. The van der Waals surface area contributed by atoms with Gasteiger partial charge in [-0.15, -0.1) is 5.10 Å². The molecule has 1 atom stereocenters. The van der Waals surface area contributed by atoms with E-state index >= 15 is 0 Å². The molecule has 0 aromatic carbocycles. The Bertz CT molecular complexity index is 657. The van der Waals surface area contributed by atoms with Gasteiger partial charge in [-0.1, -0.05) is 5.21 Å². The Hall–Kier alpha value is -2.35. The Labute approximate surface area is 128 Å². The van der Waals surface area contributed by atoms with Crippen molar-refractivity contribution in [2.75, 3.05) is 20.3 Å². The number of hydrogen-bond acceptors (Lipinski definition) is 6. The molecule has 116 valence electrons. The first-order chi connectivity index (χ1) is 10.7. The highest BCUT2D eigenvalue weighted by Crippen LogP contribution is 2.28. The number of fused-ring (bicyclic) bond motifs is 1. The van der Waals surface area contributed by atoms with Crippen molar-refractivity contribution in [2.24, 2.45) is 0 Å². The number of methoxy groups -OCH3 is 1. The van der Waals surface area contributed by atoms with Gasteiger partial charge in [0.05, 0.1) is 18.8 Å². The average molecular weight is 302 g/mol. The minimum atomic E-state index is -0.125. The van der Waals surface area contributed by atoms with Crippen LogP contribution in [0, 0.1) is 0 Å². The molecule has 3 rings (SSSR count). The monoisotopic (exact) mass is 302 g/mol. The molecule has 0 N–H and O–H groups in total. The molecule has 8 heteroatoms. The van der Waals surface area contributed by atoms with Crippen LogP contribution in [0.4, 0.5) is 0 Å². The van der Waals surface area contributed by atoms with Crippen molar-refractivity contribution < 1.29 is 9.53 Å². The predicted octanol–water partition coefficient (Wildman–Crippen LogP) is 0.474. The molecular weight excluding hydrogens is 284 g/mol. The SMILES string of the molecule is CCn1nnc2c1[C@@H](COC)CN(C(=O)c1ccncn1)C2. The minimum Gasteiger partial charge on any atom is -0.384 e. The van der Waals surface area contributed by atoms with E-state index in [1.165, 1.54) is 6.33 Å². The summed E-state index contributed by atoms with van der Waals surface area (Å²) in [6, 6.07) is 1.62. The van der Waals surface area contributed by atoms with Gasteiger partial charge < -0.3 is 9.64 Å². The first-order valence-corrected chi connectivity index (χ1v) is 7.21. The fourth-order valence-electron chi connectivity index (χ4n) is 2.81. The van der Waals surface area contributed by atoms with Crippen LogP contribution in [0.15, 0.2) is 18.6 Å². The number of ether oxygens (including phenoxy) is 1. The van der Waals surface area contributed by atoms with E-state index in [1.807, 2.05) is 11.6 Å². The Balaban J connectivity index is 1.89. The van der Waals surface area contributed by atoms with Crippen molar-refractivity contribution >= 4 is 5.91 Å². The van der Waals surface area contributed by atoms with Gasteiger partial charge in [0, 0.05) is 32.3 Å². The van der Waals surface area contributed by atoms with Crippen molar-refractivity contribution in [3.63, 3.8) is 0 Å². The Kier molecular flexibility index (Phi) is 4.10. The van der Waals surface area contributed by atoms with Crippen LogP contribution in [0.5, 0.6) is 0 Å². The van der Waals surface area contributed by atoms with Crippen LogP contribution < -0.4 is 0 Å². The number of carbonyl (C=O) groups excluding carboxylic acids is 1. The molecule has 2 aromatic rings. The smallest absolute Gasteiger partial charge is 0.272 e. The molecule has 0 spiro atoms. The van der Waals surface area contributed by atoms with E-state index in [2.05, 4.69) is 20.3 Å². The van der Waals surface area contributed by atoms with Gasteiger partial charge in [-0.25, -0.2) is 14.6 Å². The molecule has 22 heavy (non-hydrogen) atoms. The lowest BCUT2D eigenvalue weighted by Gasteiger charge is -2.31. The summed E-state index contributed by atoms with van der Waals surface area (Å²) < 4.78 is 7.19. The molecule has 8 nitrogen and oxygen atoms in total. The van der Waals surface area contributed by atoms with Gasteiger partial charge in [-0.05, 0) is 13.0 Å². The third kappa shape index (κ3) is 2.57. The standard InChI is InChI=1S/C14H18N6O2/c1-3-20-13-10(8-22-2)6-19(7-12(13)17-18-20)14(21)11-4-5-15-9-16-11/h4-5,9-10H,3,6-8H2,1-2H3/t10-/m1/s1. The quantitative estimate of drug-likeness (QED) is 0.816. The first kappa shape index (κ1) is 14.6. The van der Waals surface area contributed by atoms with Crippen LogP contribution in [0.3, 0.4) is 0 Å². The largest absolute Gasteiger partial charge is 0.384 e. The lowest BCUT2D eigenvalue weighted by Crippen LogP contribution is -2.40. The van der Waals surface area contributed by atoms with Crippen LogP contribution in [-0.2, 0) is 17.8 Å². The van der Waals surface area contributed by atoms with Crippen molar-refractivity contribution in [2.45, 2.75) is 25.9 Å². The molecule has 1 amide bonds. The number of hydrogen-bond donors (Lipinski definition) is 0.